The van der Waals surface area contributed by atoms with E-state index in [1.165, 1.54) is 12.8 Å². The molecule has 0 saturated carbocycles. The summed E-state index contributed by atoms with van der Waals surface area (Å²) >= 11 is 5.80. The molecule has 3 N–H and O–H groups in total. The number of unbranched alkanes of at least 4 members (excludes halogenated alkanes) is 2. The minimum atomic E-state index is -0.00842. The molecule has 0 fully saturated rings. The molecule has 0 amide bonds. The van der Waals surface area contributed by atoms with Gasteiger partial charge in [0, 0.05) is 0 Å². The van der Waals surface area contributed by atoms with E-state index in [4.69, 9.17) is 17.3 Å². The molecular formula is C11H16ClNO. The van der Waals surface area contributed by atoms with E-state index in [0.717, 1.165) is 18.4 Å². The summed E-state index contributed by atoms with van der Waals surface area (Å²) in [5.74, 6) is -0.00842. The van der Waals surface area contributed by atoms with Crippen molar-refractivity contribution in [3.8, 4) is 5.75 Å². The van der Waals surface area contributed by atoms with E-state index in [2.05, 4.69) is 6.92 Å². The summed E-state index contributed by atoms with van der Waals surface area (Å²) in [5.41, 5.74) is 7.05. The summed E-state index contributed by atoms with van der Waals surface area (Å²) in [7, 11) is 0. The lowest BCUT2D eigenvalue weighted by atomic mass is 10.1. The first-order valence-corrected chi connectivity index (χ1v) is 5.29. The van der Waals surface area contributed by atoms with Crippen LogP contribution in [0.25, 0.3) is 0 Å². The van der Waals surface area contributed by atoms with Crippen LogP contribution in [0.4, 0.5) is 5.69 Å². The van der Waals surface area contributed by atoms with Crippen molar-refractivity contribution < 1.29 is 5.11 Å². The maximum absolute atomic E-state index is 9.35. The first-order chi connectivity index (χ1) is 6.65. The third-order valence-corrected chi connectivity index (χ3v) is 2.51. The minimum absolute atomic E-state index is 0.00842. The second-order valence-corrected chi connectivity index (χ2v) is 3.88. The maximum atomic E-state index is 9.35. The van der Waals surface area contributed by atoms with E-state index in [-0.39, 0.29) is 5.75 Å². The molecule has 14 heavy (non-hydrogen) atoms. The first kappa shape index (κ1) is 11.2. The average Bonchev–Trinajstić information content (AvgIpc) is 2.14. The fourth-order valence-electron chi connectivity index (χ4n) is 1.40. The lowest BCUT2D eigenvalue weighted by Gasteiger charge is -2.06. The number of phenols is 1. The van der Waals surface area contributed by atoms with Gasteiger partial charge in [-0.3, -0.25) is 0 Å². The van der Waals surface area contributed by atoms with Gasteiger partial charge in [-0.1, -0.05) is 31.4 Å². The Balaban J connectivity index is 2.69. The number of anilines is 1. The number of nitrogen functional groups attached to an aromatic ring is 1. The Labute approximate surface area is 89.7 Å². The van der Waals surface area contributed by atoms with Crippen LogP contribution in [0.1, 0.15) is 31.7 Å². The van der Waals surface area contributed by atoms with Crippen molar-refractivity contribution >= 4 is 17.3 Å². The molecule has 0 aliphatic carbocycles. The largest absolute Gasteiger partial charge is 0.504 e. The fraction of sp³-hybridized carbons (Fsp3) is 0.455. The SMILES string of the molecule is CCCCCc1cc(N)c(O)c(Cl)c1. The van der Waals surface area contributed by atoms with Gasteiger partial charge in [-0.05, 0) is 30.5 Å². The summed E-state index contributed by atoms with van der Waals surface area (Å²) in [6.07, 6.45) is 4.51. The highest BCUT2D eigenvalue weighted by molar-refractivity contribution is 6.32. The number of phenolic OH excluding ortho intramolecular Hbond substituents is 1. The van der Waals surface area contributed by atoms with Gasteiger partial charge < -0.3 is 10.8 Å². The Morgan fingerprint density at radius 3 is 2.64 bits per heavy atom. The zero-order chi connectivity index (χ0) is 10.6. The molecule has 0 saturated heterocycles. The van der Waals surface area contributed by atoms with Crippen LogP contribution in [0.5, 0.6) is 5.75 Å². The Morgan fingerprint density at radius 1 is 1.36 bits per heavy atom. The van der Waals surface area contributed by atoms with Gasteiger partial charge in [0.05, 0.1) is 10.7 Å². The summed E-state index contributed by atoms with van der Waals surface area (Å²) in [6.45, 7) is 2.16. The molecule has 78 valence electrons. The molecule has 1 rings (SSSR count). The van der Waals surface area contributed by atoms with Gasteiger partial charge in [-0.2, -0.15) is 0 Å². The van der Waals surface area contributed by atoms with Crippen molar-refractivity contribution in [1.82, 2.24) is 0 Å². The van der Waals surface area contributed by atoms with Crippen molar-refractivity contribution in [2.24, 2.45) is 0 Å². The molecule has 3 heteroatoms. The summed E-state index contributed by atoms with van der Waals surface area (Å²) in [6, 6.07) is 3.57. The predicted octanol–water partition coefficient (Wildman–Crippen LogP) is 3.36. The van der Waals surface area contributed by atoms with Crippen LogP contribution >= 0.6 is 11.6 Å². The number of benzene rings is 1. The smallest absolute Gasteiger partial charge is 0.157 e. The molecular weight excluding hydrogens is 198 g/mol. The van der Waals surface area contributed by atoms with Crippen LogP contribution in [0.2, 0.25) is 5.02 Å². The highest BCUT2D eigenvalue weighted by Crippen LogP contribution is 2.31. The summed E-state index contributed by atoms with van der Waals surface area (Å²) in [5, 5.41) is 9.69. The molecule has 2 nitrogen and oxygen atoms in total. The molecule has 1 aromatic rings. The number of aromatic hydroxyl groups is 1. The van der Waals surface area contributed by atoms with Gasteiger partial charge in [0.15, 0.2) is 5.75 Å². The van der Waals surface area contributed by atoms with Crippen LogP contribution in [0.3, 0.4) is 0 Å². The third-order valence-electron chi connectivity index (χ3n) is 2.22. The summed E-state index contributed by atoms with van der Waals surface area (Å²) < 4.78 is 0. The van der Waals surface area contributed by atoms with Gasteiger partial charge in [-0.15, -0.1) is 0 Å². The van der Waals surface area contributed by atoms with Crippen molar-refractivity contribution in [1.29, 1.82) is 0 Å². The lowest BCUT2D eigenvalue weighted by Crippen LogP contribution is -1.91. The van der Waals surface area contributed by atoms with E-state index in [1.807, 2.05) is 0 Å². The Hall–Kier alpha value is -0.890. The van der Waals surface area contributed by atoms with Crippen LogP contribution in [-0.4, -0.2) is 5.11 Å². The van der Waals surface area contributed by atoms with Crippen molar-refractivity contribution in [3.05, 3.63) is 22.7 Å². The molecule has 0 atom stereocenters. The van der Waals surface area contributed by atoms with Gasteiger partial charge in [0.25, 0.3) is 0 Å². The fourth-order valence-corrected chi connectivity index (χ4v) is 1.65. The molecule has 0 spiro atoms. The highest BCUT2D eigenvalue weighted by atomic mass is 35.5. The van der Waals surface area contributed by atoms with Crippen LogP contribution in [0, 0.1) is 0 Å². The number of nitrogens with two attached hydrogens (primary N) is 1. The van der Waals surface area contributed by atoms with Gasteiger partial charge in [0.1, 0.15) is 0 Å². The lowest BCUT2D eigenvalue weighted by molar-refractivity contribution is 0.478. The van der Waals surface area contributed by atoms with Crippen LogP contribution < -0.4 is 5.73 Å². The Bertz CT molecular complexity index is 289. The predicted molar refractivity (Wildman–Crippen MR) is 60.8 cm³/mol. The van der Waals surface area contributed by atoms with Crippen molar-refractivity contribution in [3.63, 3.8) is 0 Å². The maximum Gasteiger partial charge on any atom is 0.157 e. The number of halogens is 1. The number of hydrogen-bond donors (Lipinski definition) is 2. The standard InChI is InChI=1S/C11H16ClNO/c1-2-3-4-5-8-6-9(12)11(14)10(13)7-8/h6-7,14H,2-5,13H2,1H3. The van der Waals surface area contributed by atoms with E-state index >= 15 is 0 Å². The topological polar surface area (TPSA) is 46.2 Å². The molecule has 0 radical (unpaired) electrons. The molecule has 0 aromatic heterocycles. The Kier molecular flexibility index (Phi) is 4.08. The molecule has 0 bridgehead atoms. The summed E-state index contributed by atoms with van der Waals surface area (Å²) in [4.78, 5) is 0. The zero-order valence-corrected chi connectivity index (χ0v) is 9.14. The van der Waals surface area contributed by atoms with E-state index < -0.39 is 0 Å². The third kappa shape index (κ3) is 2.81. The number of hydrogen-bond acceptors (Lipinski definition) is 2. The van der Waals surface area contributed by atoms with Crippen molar-refractivity contribution in [2.45, 2.75) is 32.6 Å². The minimum Gasteiger partial charge on any atom is -0.504 e. The van der Waals surface area contributed by atoms with E-state index in [0.29, 0.717) is 10.7 Å². The average molecular weight is 214 g/mol. The van der Waals surface area contributed by atoms with Gasteiger partial charge in [0.2, 0.25) is 0 Å². The normalized spacial score (nSPS) is 10.4. The van der Waals surface area contributed by atoms with Gasteiger partial charge in [-0.25, -0.2) is 0 Å². The quantitative estimate of drug-likeness (QED) is 0.458. The second-order valence-electron chi connectivity index (χ2n) is 3.47. The number of rotatable bonds is 4. The van der Waals surface area contributed by atoms with E-state index in [9.17, 15) is 5.11 Å². The molecule has 0 aliphatic rings. The van der Waals surface area contributed by atoms with Crippen molar-refractivity contribution in [2.75, 3.05) is 5.73 Å². The molecule has 0 heterocycles. The Morgan fingerprint density at radius 2 is 2.07 bits per heavy atom. The zero-order valence-electron chi connectivity index (χ0n) is 8.39. The molecule has 1 aromatic carbocycles. The van der Waals surface area contributed by atoms with Crippen LogP contribution in [0.15, 0.2) is 12.1 Å². The van der Waals surface area contributed by atoms with Crippen LogP contribution in [-0.2, 0) is 6.42 Å². The monoisotopic (exact) mass is 213 g/mol. The first-order valence-electron chi connectivity index (χ1n) is 4.92. The molecule has 0 unspecified atom stereocenters. The van der Waals surface area contributed by atoms with E-state index in [1.54, 1.807) is 12.1 Å². The number of aryl methyl sites for hydroxylation is 1. The van der Waals surface area contributed by atoms with Gasteiger partial charge >= 0.3 is 0 Å². The second kappa shape index (κ2) is 5.11. The molecule has 0 aliphatic heterocycles. The highest BCUT2D eigenvalue weighted by Gasteiger charge is 2.05.